The molecule has 0 saturated carbocycles. The fourth-order valence-corrected chi connectivity index (χ4v) is 3.60. The van der Waals surface area contributed by atoms with Crippen molar-refractivity contribution < 1.29 is 19.0 Å². The van der Waals surface area contributed by atoms with Crippen LogP contribution in [0.2, 0.25) is 0 Å². The molecule has 31 heavy (non-hydrogen) atoms. The summed E-state index contributed by atoms with van der Waals surface area (Å²) in [7, 11) is 0. The van der Waals surface area contributed by atoms with Crippen LogP contribution in [0.25, 0.3) is 0 Å². The van der Waals surface area contributed by atoms with E-state index in [1.807, 2.05) is 72.5 Å². The summed E-state index contributed by atoms with van der Waals surface area (Å²) < 4.78 is 19.4. The third-order valence-electron chi connectivity index (χ3n) is 5.11. The number of ether oxygens (including phenoxy) is 1. The van der Waals surface area contributed by atoms with E-state index in [0.29, 0.717) is 19.5 Å². The van der Waals surface area contributed by atoms with Crippen LogP contribution < -0.4 is 10.5 Å². The molecule has 0 spiro atoms. The number of nitrogens with two attached hydrogens (primary N) is 1. The number of benzene rings is 3. The molecule has 3 rings (SSSR count). The molecule has 0 fully saturated rings. The highest BCUT2D eigenvalue weighted by Crippen LogP contribution is 2.27. The Morgan fingerprint density at radius 2 is 1.55 bits per heavy atom. The van der Waals surface area contributed by atoms with Crippen LogP contribution in [0, 0.1) is 5.82 Å². The number of carboxylic acid groups (broad SMARTS) is 1. The molecule has 3 aromatic rings. The van der Waals surface area contributed by atoms with Gasteiger partial charge in [0.15, 0.2) is 0 Å². The lowest BCUT2D eigenvalue weighted by atomic mass is 10.0. The highest BCUT2D eigenvalue weighted by molar-refractivity contribution is 5.74. The largest absolute Gasteiger partial charge is 0.486 e. The number of halogens is 1. The minimum atomic E-state index is -0.987. The first kappa shape index (κ1) is 22.3. The van der Waals surface area contributed by atoms with Gasteiger partial charge in [-0.15, -0.1) is 0 Å². The van der Waals surface area contributed by atoms with E-state index in [1.54, 1.807) is 0 Å². The van der Waals surface area contributed by atoms with Gasteiger partial charge in [0.25, 0.3) is 0 Å². The maximum Gasteiger partial charge on any atom is 0.324 e. The van der Waals surface area contributed by atoms with Gasteiger partial charge in [0.05, 0.1) is 5.69 Å². The second-order valence-electron chi connectivity index (χ2n) is 7.41. The third-order valence-corrected chi connectivity index (χ3v) is 5.11. The number of hydrogen-bond acceptors (Lipinski definition) is 4. The van der Waals surface area contributed by atoms with Crippen molar-refractivity contribution >= 4 is 11.7 Å². The van der Waals surface area contributed by atoms with Crippen molar-refractivity contribution in [3.05, 3.63) is 95.8 Å². The Morgan fingerprint density at radius 1 is 1.00 bits per heavy atom. The van der Waals surface area contributed by atoms with Gasteiger partial charge in [0, 0.05) is 19.2 Å². The number of aliphatic carboxylic acids is 1. The van der Waals surface area contributed by atoms with Gasteiger partial charge in [-0.25, -0.2) is 4.39 Å². The van der Waals surface area contributed by atoms with Gasteiger partial charge >= 0.3 is 5.97 Å². The van der Waals surface area contributed by atoms with Gasteiger partial charge in [0.1, 0.15) is 23.7 Å². The van der Waals surface area contributed by atoms with Crippen molar-refractivity contribution in [2.24, 2.45) is 0 Å². The van der Waals surface area contributed by atoms with Crippen molar-refractivity contribution in [3.8, 4) is 5.75 Å². The summed E-state index contributed by atoms with van der Waals surface area (Å²) in [5.74, 6) is -1.18. The van der Waals surface area contributed by atoms with Crippen molar-refractivity contribution in [1.82, 2.24) is 4.90 Å². The van der Waals surface area contributed by atoms with E-state index >= 15 is 0 Å². The lowest BCUT2D eigenvalue weighted by Gasteiger charge is -2.34. The van der Waals surface area contributed by atoms with E-state index in [1.165, 1.54) is 18.2 Å². The first-order valence-corrected chi connectivity index (χ1v) is 10.2. The predicted octanol–water partition coefficient (Wildman–Crippen LogP) is 4.72. The van der Waals surface area contributed by atoms with Crippen molar-refractivity contribution in [3.63, 3.8) is 0 Å². The van der Waals surface area contributed by atoms with E-state index in [2.05, 4.69) is 0 Å². The molecule has 0 aliphatic heterocycles. The molecule has 0 aromatic heterocycles. The average Bonchev–Trinajstić information content (AvgIpc) is 2.76. The van der Waals surface area contributed by atoms with Crippen LogP contribution in [0.1, 0.15) is 24.5 Å². The smallest absolute Gasteiger partial charge is 0.324 e. The topological polar surface area (TPSA) is 75.8 Å². The quantitative estimate of drug-likeness (QED) is 0.463. The van der Waals surface area contributed by atoms with Gasteiger partial charge in [-0.3, -0.25) is 9.69 Å². The molecule has 0 radical (unpaired) electrons. The van der Waals surface area contributed by atoms with E-state index in [-0.39, 0.29) is 11.4 Å². The number of carboxylic acids is 1. The first-order valence-electron chi connectivity index (χ1n) is 10.2. The molecule has 0 saturated heterocycles. The minimum absolute atomic E-state index is 0.139. The molecule has 0 amide bonds. The van der Waals surface area contributed by atoms with Gasteiger partial charge < -0.3 is 15.6 Å². The molecule has 0 unspecified atom stereocenters. The normalized spacial score (nSPS) is 13.0. The zero-order valence-corrected chi connectivity index (χ0v) is 17.4. The maximum absolute atomic E-state index is 13.4. The van der Waals surface area contributed by atoms with Crippen LogP contribution >= 0.6 is 0 Å². The molecule has 0 aliphatic rings. The maximum atomic E-state index is 13.4. The molecule has 0 heterocycles. The lowest BCUT2D eigenvalue weighted by molar-refractivity contribution is -0.148. The number of nitrogens with zero attached hydrogens (tertiary/aromatic N) is 1. The van der Waals surface area contributed by atoms with Crippen LogP contribution in [-0.4, -0.2) is 28.1 Å². The van der Waals surface area contributed by atoms with Crippen molar-refractivity contribution in [1.29, 1.82) is 0 Å². The zero-order chi connectivity index (χ0) is 22.2. The summed E-state index contributed by atoms with van der Waals surface area (Å²) in [6.07, 6.45) is -0.244. The fourth-order valence-electron chi connectivity index (χ4n) is 3.60. The monoisotopic (exact) mass is 422 g/mol. The van der Waals surface area contributed by atoms with Gasteiger partial charge in [-0.05, 0) is 29.7 Å². The van der Waals surface area contributed by atoms with E-state index in [9.17, 15) is 14.3 Å². The minimum Gasteiger partial charge on any atom is -0.486 e. The summed E-state index contributed by atoms with van der Waals surface area (Å²) in [5, 5.41) is 10.2. The predicted molar refractivity (Wildman–Crippen MR) is 119 cm³/mol. The molecular formula is C25H27FN2O3. The summed E-state index contributed by atoms with van der Waals surface area (Å²) in [5.41, 5.74) is 8.04. The molecule has 2 atom stereocenters. The molecule has 3 aromatic carbocycles. The van der Waals surface area contributed by atoms with E-state index in [0.717, 1.165) is 11.1 Å². The molecule has 6 heteroatoms. The second kappa shape index (κ2) is 10.6. The second-order valence-corrected chi connectivity index (χ2v) is 7.41. The zero-order valence-electron chi connectivity index (χ0n) is 17.4. The highest BCUT2D eigenvalue weighted by atomic mass is 19.1. The summed E-state index contributed by atoms with van der Waals surface area (Å²) in [6.45, 7) is 2.74. The SMILES string of the molecule is CC[C@H](Oc1ccc(F)cc1N)[C@H](C(=O)O)N(Cc1ccccc1)Cc1ccccc1. The summed E-state index contributed by atoms with van der Waals surface area (Å²) >= 11 is 0. The molecule has 3 N–H and O–H groups in total. The van der Waals surface area contributed by atoms with Crippen LogP contribution in [0.3, 0.4) is 0 Å². The summed E-state index contributed by atoms with van der Waals surface area (Å²) in [6, 6.07) is 22.4. The van der Waals surface area contributed by atoms with Crippen LogP contribution in [0.15, 0.2) is 78.9 Å². The molecule has 0 bridgehead atoms. The van der Waals surface area contributed by atoms with Gasteiger partial charge in [-0.1, -0.05) is 67.6 Å². The number of hydrogen-bond donors (Lipinski definition) is 2. The Labute approximate surface area is 181 Å². The molecule has 0 aliphatic carbocycles. The van der Waals surface area contributed by atoms with Gasteiger partial charge in [0.2, 0.25) is 0 Å². The highest BCUT2D eigenvalue weighted by Gasteiger charge is 2.35. The molecule has 162 valence electrons. The molecular weight excluding hydrogens is 395 g/mol. The van der Waals surface area contributed by atoms with Gasteiger partial charge in [-0.2, -0.15) is 0 Å². The Bertz CT molecular complexity index is 941. The fraction of sp³-hybridized carbons (Fsp3) is 0.240. The van der Waals surface area contributed by atoms with Crippen LogP contribution in [-0.2, 0) is 17.9 Å². The van der Waals surface area contributed by atoms with Crippen LogP contribution in [0.4, 0.5) is 10.1 Å². The Balaban J connectivity index is 1.92. The third kappa shape index (κ3) is 6.06. The van der Waals surface area contributed by atoms with Crippen LogP contribution in [0.5, 0.6) is 5.75 Å². The van der Waals surface area contributed by atoms with E-state index in [4.69, 9.17) is 10.5 Å². The van der Waals surface area contributed by atoms with Crippen molar-refractivity contribution in [2.45, 2.75) is 38.6 Å². The van der Waals surface area contributed by atoms with E-state index < -0.39 is 23.9 Å². The lowest BCUT2D eigenvalue weighted by Crippen LogP contribution is -2.50. The Kier molecular flexibility index (Phi) is 7.62. The summed E-state index contributed by atoms with van der Waals surface area (Å²) in [4.78, 5) is 14.3. The molecule has 5 nitrogen and oxygen atoms in total. The Morgan fingerprint density at radius 3 is 2.00 bits per heavy atom. The number of carbonyl (C=O) groups is 1. The Hall–Kier alpha value is -3.38. The average molecular weight is 423 g/mol. The first-order chi connectivity index (χ1) is 15.0. The standard InChI is InChI=1S/C25H27FN2O3/c1-2-22(31-23-14-13-20(26)15-21(23)27)24(25(29)30)28(16-18-9-5-3-6-10-18)17-19-11-7-4-8-12-19/h3-15,22,24H,2,16-17,27H2,1H3,(H,29,30)/t22-,24+/m0/s1. The van der Waals surface area contributed by atoms with Crippen molar-refractivity contribution in [2.75, 3.05) is 5.73 Å². The number of nitrogen functional groups attached to an aromatic ring is 1. The number of anilines is 1. The number of rotatable bonds is 10.